The van der Waals surface area contributed by atoms with Crippen LogP contribution in [0.1, 0.15) is 65.5 Å². The predicted molar refractivity (Wildman–Crippen MR) is 138 cm³/mol. The average Bonchev–Trinajstić information content (AvgIpc) is 3.65. The van der Waals surface area contributed by atoms with E-state index in [4.69, 9.17) is 9.47 Å². The van der Waals surface area contributed by atoms with Gasteiger partial charge in [-0.05, 0) is 56.6 Å². The van der Waals surface area contributed by atoms with Gasteiger partial charge in [0.25, 0.3) is 0 Å². The lowest BCUT2D eigenvalue weighted by Gasteiger charge is -2.25. The van der Waals surface area contributed by atoms with Crippen LogP contribution >= 0.6 is 0 Å². The first-order valence-corrected chi connectivity index (χ1v) is 12.8. The van der Waals surface area contributed by atoms with E-state index in [9.17, 15) is 24.3 Å². The molecule has 1 heterocycles. The van der Waals surface area contributed by atoms with Crippen molar-refractivity contribution in [2.75, 3.05) is 13.1 Å². The molecule has 0 aromatic heterocycles. The van der Waals surface area contributed by atoms with E-state index >= 15 is 0 Å². The number of carbonyl (C=O) groups is 4. The molecule has 1 saturated heterocycles. The zero-order chi connectivity index (χ0) is 27.6. The second-order valence-corrected chi connectivity index (χ2v) is 10.6. The van der Waals surface area contributed by atoms with Gasteiger partial charge in [0.1, 0.15) is 6.10 Å². The summed E-state index contributed by atoms with van der Waals surface area (Å²) in [6.07, 6.45) is 4.08. The quantitative estimate of drug-likeness (QED) is 0.185. The van der Waals surface area contributed by atoms with Gasteiger partial charge in [-0.1, -0.05) is 57.2 Å². The number of esters is 1. The molecule has 3 N–H and O–H groups in total. The van der Waals surface area contributed by atoms with E-state index in [2.05, 4.69) is 29.7 Å². The third-order valence-corrected chi connectivity index (χ3v) is 6.19. The van der Waals surface area contributed by atoms with Crippen LogP contribution in [-0.4, -0.2) is 54.2 Å². The average molecular weight is 517 g/mol. The van der Waals surface area contributed by atoms with E-state index in [1.165, 1.54) is 11.6 Å². The number of allylic oxidation sites excluding steroid dienone is 1. The standard InChI is InChI=1S/C28H40N2O7/c1-18(2)15-21(26(33)34)36-27(35)28(4,5)17-30-23(32)16-29-22(31)14-10-9-11-19(3)24-25(37-24)20-12-7-6-8-13-20/h6-8,10,12-14,18-19,21,24-25H,9,11,15-17H2,1-5H3,(H,29,31)(H,30,32)(H,33,34)/b14-10+. The number of ether oxygens (including phenoxy) is 2. The Kier molecular flexibility index (Phi) is 11.3. The maximum absolute atomic E-state index is 12.4. The molecule has 1 fully saturated rings. The van der Waals surface area contributed by atoms with Gasteiger partial charge in [0.15, 0.2) is 6.10 Å². The van der Waals surface area contributed by atoms with Gasteiger partial charge in [0.05, 0.1) is 18.1 Å². The summed E-state index contributed by atoms with van der Waals surface area (Å²) in [5, 5.41) is 14.4. The van der Waals surface area contributed by atoms with Crippen LogP contribution in [0, 0.1) is 17.3 Å². The Morgan fingerprint density at radius 3 is 2.41 bits per heavy atom. The van der Waals surface area contributed by atoms with Crippen molar-refractivity contribution >= 4 is 23.8 Å². The summed E-state index contributed by atoms with van der Waals surface area (Å²) in [6, 6.07) is 10.1. The normalized spacial score (nSPS) is 18.8. The molecule has 0 saturated carbocycles. The number of epoxide rings is 1. The van der Waals surface area contributed by atoms with Crippen LogP contribution in [0.2, 0.25) is 0 Å². The molecule has 0 bridgehead atoms. The first-order valence-electron chi connectivity index (χ1n) is 12.8. The summed E-state index contributed by atoms with van der Waals surface area (Å²) < 4.78 is 11.0. The van der Waals surface area contributed by atoms with Crippen molar-refractivity contribution < 1.29 is 33.8 Å². The molecule has 1 aromatic carbocycles. The Labute approximate surface area is 219 Å². The van der Waals surface area contributed by atoms with Gasteiger partial charge in [0, 0.05) is 6.54 Å². The number of aliphatic carboxylic acids is 1. The molecule has 0 spiro atoms. The van der Waals surface area contributed by atoms with Gasteiger partial charge in [-0.15, -0.1) is 0 Å². The summed E-state index contributed by atoms with van der Waals surface area (Å²) in [6.45, 7) is 8.62. The molecule has 2 rings (SSSR count). The van der Waals surface area contributed by atoms with Gasteiger partial charge in [-0.25, -0.2) is 4.79 Å². The van der Waals surface area contributed by atoms with Crippen LogP contribution < -0.4 is 10.6 Å². The molecule has 2 amide bonds. The SMILES string of the molecule is CC(C)CC(OC(=O)C(C)(C)CNC(=O)CNC(=O)/C=C/CCC(C)C1OC1c1ccccc1)C(=O)O. The van der Waals surface area contributed by atoms with Crippen LogP contribution in [0.25, 0.3) is 0 Å². The molecular weight excluding hydrogens is 476 g/mol. The maximum atomic E-state index is 12.4. The van der Waals surface area contributed by atoms with Crippen LogP contribution in [0.4, 0.5) is 0 Å². The summed E-state index contributed by atoms with van der Waals surface area (Å²) in [5.74, 6) is -2.37. The fourth-order valence-electron chi connectivity index (χ4n) is 3.78. The lowest BCUT2D eigenvalue weighted by Crippen LogP contribution is -2.45. The number of amides is 2. The molecule has 9 heteroatoms. The minimum atomic E-state index is -1.24. The highest BCUT2D eigenvalue weighted by Gasteiger charge is 2.43. The Morgan fingerprint density at radius 1 is 1.11 bits per heavy atom. The van der Waals surface area contributed by atoms with E-state index < -0.39 is 29.4 Å². The van der Waals surface area contributed by atoms with Gasteiger partial charge < -0.3 is 25.2 Å². The fraction of sp³-hybridized carbons (Fsp3) is 0.571. The summed E-state index contributed by atoms with van der Waals surface area (Å²) in [5.41, 5.74) is 0.0505. The number of carboxylic acid groups (broad SMARTS) is 1. The van der Waals surface area contributed by atoms with Gasteiger partial charge in [0.2, 0.25) is 11.8 Å². The highest BCUT2D eigenvalue weighted by atomic mass is 16.6. The smallest absolute Gasteiger partial charge is 0.345 e. The molecule has 4 unspecified atom stereocenters. The van der Waals surface area contributed by atoms with Crippen LogP contribution in [0.15, 0.2) is 42.5 Å². The minimum absolute atomic E-state index is 0.0389. The summed E-state index contributed by atoms with van der Waals surface area (Å²) >= 11 is 0. The second-order valence-electron chi connectivity index (χ2n) is 10.6. The van der Waals surface area contributed by atoms with Crippen molar-refractivity contribution in [1.82, 2.24) is 10.6 Å². The van der Waals surface area contributed by atoms with Crippen LogP contribution in [0.5, 0.6) is 0 Å². The van der Waals surface area contributed by atoms with E-state index in [-0.39, 0.29) is 43.5 Å². The van der Waals surface area contributed by atoms with Crippen LogP contribution in [0.3, 0.4) is 0 Å². The molecule has 1 aromatic rings. The largest absolute Gasteiger partial charge is 0.479 e. The van der Waals surface area contributed by atoms with E-state index in [0.29, 0.717) is 12.3 Å². The molecule has 1 aliphatic heterocycles. The van der Waals surface area contributed by atoms with Crippen molar-refractivity contribution in [3.8, 4) is 0 Å². The number of benzene rings is 1. The predicted octanol–water partition coefficient (Wildman–Crippen LogP) is 3.40. The Hall–Kier alpha value is -3.20. The van der Waals surface area contributed by atoms with Crippen molar-refractivity contribution in [2.45, 2.75) is 72.2 Å². The number of rotatable bonds is 15. The zero-order valence-electron chi connectivity index (χ0n) is 22.4. The van der Waals surface area contributed by atoms with E-state index in [1.807, 2.05) is 32.0 Å². The molecule has 4 atom stereocenters. The first-order chi connectivity index (χ1) is 17.4. The van der Waals surface area contributed by atoms with E-state index in [0.717, 1.165) is 6.42 Å². The molecule has 0 aliphatic carbocycles. The third kappa shape index (κ3) is 10.4. The first kappa shape index (κ1) is 30.0. The monoisotopic (exact) mass is 516 g/mol. The van der Waals surface area contributed by atoms with Gasteiger partial charge >= 0.3 is 11.9 Å². The lowest BCUT2D eigenvalue weighted by atomic mass is 9.93. The van der Waals surface area contributed by atoms with E-state index in [1.54, 1.807) is 19.9 Å². The maximum Gasteiger partial charge on any atom is 0.345 e. The highest BCUT2D eigenvalue weighted by Crippen LogP contribution is 2.44. The second kappa shape index (κ2) is 13.9. The molecule has 37 heavy (non-hydrogen) atoms. The molecule has 9 nitrogen and oxygen atoms in total. The number of carboxylic acids is 1. The number of hydrogen-bond donors (Lipinski definition) is 3. The van der Waals surface area contributed by atoms with Crippen molar-refractivity contribution in [2.24, 2.45) is 17.3 Å². The molecular formula is C28H40N2O7. The Morgan fingerprint density at radius 2 is 1.78 bits per heavy atom. The molecule has 0 radical (unpaired) electrons. The van der Waals surface area contributed by atoms with Crippen molar-refractivity contribution in [1.29, 1.82) is 0 Å². The number of nitrogens with one attached hydrogen (secondary N) is 2. The summed E-state index contributed by atoms with van der Waals surface area (Å²) in [7, 11) is 0. The molecule has 204 valence electrons. The lowest BCUT2D eigenvalue weighted by molar-refractivity contribution is -0.171. The van der Waals surface area contributed by atoms with Crippen LogP contribution in [-0.2, 0) is 28.7 Å². The zero-order valence-corrected chi connectivity index (χ0v) is 22.4. The van der Waals surface area contributed by atoms with Gasteiger partial charge in [-0.2, -0.15) is 0 Å². The highest BCUT2D eigenvalue weighted by molar-refractivity contribution is 5.91. The third-order valence-electron chi connectivity index (χ3n) is 6.19. The van der Waals surface area contributed by atoms with Crippen molar-refractivity contribution in [3.63, 3.8) is 0 Å². The number of hydrogen-bond acceptors (Lipinski definition) is 6. The number of carbonyl (C=O) groups excluding carboxylic acids is 3. The summed E-state index contributed by atoms with van der Waals surface area (Å²) in [4.78, 5) is 47.9. The Balaban J connectivity index is 1.64. The Bertz CT molecular complexity index is 959. The fourth-order valence-corrected chi connectivity index (χ4v) is 3.78. The topological polar surface area (TPSA) is 134 Å². The molecule has 1 aliphatic rings. The van der Waals surface area contributed by atoms with Gasteiger partial charge in [-0.3, -0.25) is 14.4 Å². The van der Waals surface area contributed by atoms with Crippen molar-refractivity contribution in [3.05, 3.63) is 48.0 Å². The minimum Gasteiger partial charge on any atom is -0.479 e.